The van der Waals surface area contributed by atoms with Gasteiger partial charge in [-0.2, -0.15) is 4.52 Å². The molecule has 2 heterocycles. The second-order valence-electron chi connectivity index (χ2n) is 5.09. The summed E-state index contributed by atoms with van der Waals surface area (Å²) >= 11 is 0. The summed E-state index contributed by atoms with van der Waals surface area (Å²) < 4.78 is 1.28. The molecule has 2 rings (SSSR count). The highest BCUT2D eigenvalue weighted by Crippen LogP contribution is 2.06. The zero-order chi connectivity index (χ0) is 13.3. The second-order valence-corrected chi connectivity index (χ2v) is 5.09. The van der Waals surface area contributed by atoms with Gasteiger partial charge in [0, 0.05) is 19.2 Å². The number of hydrogen-bond acceptors (Lipinski definition) is 5. The standard InChI is InChI=1S/C11H17N5O2/c1-11(2,18)6-15(3)5-8-4-9(17)16-10(14-8)12-7-13-16/h4,7,18H,5-6H2,1-3H3,(H,12,13,14). The van der Waals surface area contributed by atoms with Gasteiger partial charge in [0.25, 0.3) is 11.3 Å². The van der Waals surface area contributed by atoms with E-state index in [4.69, 9.17) is 0 Å². The molecule has 0 amide bonds. The van der Waals surface area contributed by atoms with Crippen LogP contribution < -0.4 is 5.56 Å². The maximum atomic E-state index is 11.7. The molecule has 0 radical (unpaired) electrons. The average molecular weight is 251 g/mol. The summed E-state index contributed by atoms with van der Waals surface area (Å²) in [5.41, 5.74) is -0.330. The van der Waals surface area contributed by atoms with Crippen molar-refractivity contribution in [3.05, 3.63) is 28.4 Å². The van der Waals surface area contributed by atoms with Gasteiger partial charge in [-0.25, -0.2) is 9.97 Å². The molecule has 98 valence electrons. The highest BCUT2D eigenvalue weighted by molar-refractivity contribution is 5.25. The second kappa shape index (κ2) is 4.51. The van der Waals surface area contributed by atoms with E-state index in [0.29, 0.717) is 24.6 Å². The van der Waals surface area contributed by atoms with Crippen LogP contribution in [0, 0.1) is 0 Å². The van der Waals surface area contributed by atoms with E-state index in [-0.39, 0.29) is 5.56 Å². The molecule has 0 bridgehead atoms. The van der Waals surface area contributed by atoms with Crippen LogP contribution in [0.4, 0.5) is 0 Å². The fraction of sp³-hybridized carbons (Fsp3) is 0.545. The molecular formula is C11H17N5O2. The molecule has 0 aliphatic carbocycles. The van der Waals surface area contributed by atoms with Gasteiger partial charge in [-0.1, -0.05) is 0 Å². The summed E-state index contributed by atoms with van der Waals surface area (Å²) in [4.78, 5) is 21.8. The van der Waals surface area contributed by atoms with Gasteiger partial charge in [0.15, 0.2) is 0 Å². The molecular weight excluding hydrogens is 234 g/mol. The van der Waals surface area contributed by atoms with Gasteiger partial charge in [-0.3, -0.25) is 14.8 Å². The van der Waals surface area contributed by atoms with Crippen LogP contribution in [0.25, 0.3) is 5.78 Å². The quantitative estimate of drug-likeness (QED) is 0.773. The lowest BCUT2D eigenvalue weighted by Gasteiger charge is -2.24. The van der Waals surface area contributed by atoms with E-state index >= 15 is 0 Å². The minimum absolute atomic E-state index is 0.191. The number of likely N-dealkylation sites (N-methyl/N-ethyl adjacent to an activating group) is 1. The molecule has 0 aliphatic heterocycles. The number of fused-ring (bicyclic) bond motifs is 1. The Morgan fingerprint density at radius 3 is 2.94 bits per heavy atom. The van der Waals surface area contributed by atoms with Crippen LogP contribution in [0.2, 0.25) is 0 Å². The number of H-pyrrole nitrogens is 1. The molecule has 0 saturated heterocycles. The van der Waals surface area contributed by atoms with E-state index < -0.39 is 5.60 Å². The summed E-state index contributed by atoms with van der Waals surface area (Å²) in [5, 5.41) is 12.4. The molecule has 7 nitrogen and oxygen atoms in total. The Morgan fingerprint density at radius 1 is 1.56 bits per heavy atom. The lowest BCUT2D eigenvalue weighted by Crippen LogP contribution is -2.36. The van der Waals surface area contributed by atoms with E-state index in [2.05, 4.69) is 15.1 Å². The first kappa shape index (κ1) is 12.7. The predicted molar refractivity (Wildman–Crippen MR) is 66.2 cm³/mol. The Hall–Kier alpha value is -1.73. The molecule has 7 heteroatoms. The van der Waals surface area contributed by atoms with Crippen molar-refractivity contribution in [3.8, 4) is 0 Å². The molecule has 0 aliphatic rings. The maximum Gasteiger partial charge on any atom is 0.274 e. The summed E-state index contributed by atoms with van der Waals surface area (Å²) in [6.45, 7) is 4.46. The third kappa shape index (κ3) is 2.93. The van der Waals surface area contributed by atoms with E-state index in [1.807, 2.05) is 11.9 Å². The van der Waals surface area contributed by atoms with E-state index in [0.717, 1.165) is 0 Å². The number of aliphatic hydroxyl groups is 1. The Kier molecular flexibility index (Phi) is 3.18. The van der Waals surface area contributed by atoms with Crippen LogP contribution in [-0.4, -0.2) is 48.8 Å². The van der Waals surface area contributed by atoms with Crippen LogP contribution in [-0.2, 0) is 6.54 Å². The van der Waals surface area contributed by atoms with Gasteiger partial charge in [0.1, 0.15) is 6.33 Å². The van der Waals surface area contributed by atoms with E-state index in [9.17, 15) is 9.90 Å². The monoisotopic (exact) mass is 251 g/mol. The maximum absolute atomic E-state index is 11.7. The zero-order valence-corrected chi connectivity index (χ0v) is 10.7. The van der Waals surface area contributed by atoms with Crippen molar-refractivity contribution in [2.24, 2.45) is 0 Å². The highest BCUT2D eigenvalue weighted by atomic mass is 16.3. The molecule has 0 aromatic carbocycles. The normalized spacial score (nSPS) is 12.5. The molecule has 0 saturated carbocycles. The molecule has 18 heavy (non-hydrogen) atoms. The molecule has 0 atom stereocenters. The van der Waals surface area contributed by atoms with E-state index in [1.54, 1.807) is 13.8 Å². The Labute approximate surface area is 104 Å². The minimum Gasteiger partial charge on any atom is -0.389 e. The molecule has 2 aromatic rings. The van der Waals surface area contributed by atoms with Crippen molar-refractivity contribution < 1.29 is 5.11 Å². The largest absolute Gasteiger partial charge is 0.389 e. The first-order valence-corrected chi connectivity index (χ1v) is 5.68. The lowest BCUT2D eigenvalue weighted by atomic mass is 10.1. The van der Waals surface area contributed by atoms with Gasteiger partial charge in [0.2, 0.25) is 0 Å². The summed E-state index contributed by atoms with van der Waals surface area (Å²) in [7, 11) is 1.87. The Bertz CT molecular complexity index is 595. The molecule has 0 fully saturated rings. The smallest absolute Gasteiger partial charge is 0.274 e. The van der Waals surface area contributed by atoms with Gasteiger partial charge in [-0.05, 0) is 20.9 Å². The number of nitrogens with one attached hydrogen (secondary N) is 1. The van der Waals surface area contributed by atoms with Crippen molar-refractivity contribution in [2.75, 3.05) is 13.6 Å². The number of aromatic amines is 1. The fourth-order valence-electron chi connectivity index (χ4n) is 1.94. The van der Waals surface area contributed by atoms with Crippen LogP contribution >= 0.6 is 0 Å². The third-order valence-electron chi connectivity index (χ3n) is 2.41. The molecule has 2 aromatic heterocycles. The van der Waals surface area contributed by atoms with Crippen molar-refractivity contribution in [1.29, 1.82) is 0 Å². The van der Waals surface area contributed by atoms with Crippen molar-refractivity contribution >= 4 is 5.78 Å². The fourth-order valence-corrected chi connectivity index (χ4v) is 1.94. The SMILES string of the molecule is CN(Cc1cc(=O)n2[nH]cnc2n1)CC(C)(C)O. The summed E-state index contributed by atoms with van der Waals surface area (Å²) in [5.74, 6) is 0.356. The first-order valence-electron chi connectivity index (χ1n) is 5.68. The summed E-state index contributed by atoms with van der Waals surface area (Å²) in [6.07, 6.45) is 1.42. The van der Waals surface area contributed by atoms with Crippen LogP contribution in [0.1, 0.15) is 19.5 Å². The minimum atomic E-state index is -0.778. The zero-order valence-electron chi connectivity index (χ0n) is 10.7. The van der Waals surface area contributed by atoms with E-state index in [1.165, 1.54) is 16.9 Å². The van der Waals surface area contributed by atoms with Gasteiger partial charge in [-0.15, -0.1) is 0 Å². The topological polar surface area (TPSA) is 86.5 Å². The van der Waals surface area contributed by atoms with Crippen LogP contribution in [0.15, 0.2) is 17.2 Å². The number of nitrogens with zero attached hydrogens (tertiary/aromatic N) is 4. The lowest BCUT2D eigenvalue weighted by molar-refractivity contribution is 0.0421. The summed E-state index contributed by atoms with van der Waals surface area (Å²) in [6, 6.07) is 1.46. The first-order chi connectivity index (χ1) is 8.35. The van der Waals surface area contributed by atoms with Gasteiger partial charge >= 0.3 is 0 Å². The average Bonchev–Trinajstić information content (AvgIpc) is 2.62. The predicted octanol–water partition coefficient (Wildman–Crippen LogP) is -0.380. The molecule has 0 unspecified atom stereocenters. The van der Waals surface area contributed by atoms with Crippen LogP contribution in [0.5, 0.6) is 0 Å². The third-order valence-corrected chi connectivity index (χ3v) is 2.41. The van der Waals surface area contributed by atoms with Crippen molar-refractivity contribution in [2.45, 2.75) is 26.0 Å². The van der Waals surface area contributed by atoms with Crippen LogP contribution in [0.3, 0.4) is 0 Å². The van der Waals surface area contributed by atoms with Gasteiger partial charge in [0.05, 0.1) is 11.3 Å². The number of hydrogen-bond donors (Lipinski definition) is 2. The molecule has 0 spiro atoms. The molecule has 2 N–H and O–H groups in total. The Balaban J connectivity index is 2.19. The van der Waals surface area contributed by atoms with Crippen molar-refractivity contribution in [3.63, 3.8) is 0 Å². The van der Waals surface area contributed by atoms with Gasteiger partial charge < -0.3 is 5.11 Å². The number of rotatable bonds is 4. The number of aromatic nitrogens is 4. The Morgan fingerprint density at radius 2 is 2.28 bits per heavy atom. The van der Waals surface area contributed by atoms with Crippen molar-refractivity contribution in [1.82, 2.24) is 24.5 Å². The highest BCUT2D eigenvalue weighted by Gasteiger charge is 2.16.